The summed E-state index contributed by atoms with van der Waals surface area (Å²) < 4.78 is 34.3. The second-order valence-corrected chi connectivity index (χ2v) is 6.17. The molecule has 0 radical (unpaired) electrons. The zero-order valence-corrected chi connectivity index (χ0v) is 14.9. The number of anilines is 2. The molecule has 10 heteroatoms. The summed E-state index contributed by atoms with van der Waals surface area (Å²) in [5.74, 6) is -2.28. The van der Waals surface area contributed by atoms with Gasteiger partial charge >= 0.3 is 0 Å². The molecule has 0 atom stereocenters. The van der Waals surface area contributed by atoms with E-state index < -0.39 is 17.5 Å². The van der Waals surface area contributed by atoms with Gasteiger partial charge in [-0.3, -0.25) is 9.63 Å². The van der Waals surface area contributed by atoms with Gasteiger partial charge in [0.05, 0.1) is 30.2 Å². The molecule has 0 unspecified atom stereocenters. The number of hydrogen-bond acceptors (Lipinski definition) is 7. The standard InChI is InChI=1S/C17H15F2N3O4S/c1-27-9-2-3-12(11(18)6-9)21-15-10(17(24)22-26-5-4-23)7-13-16(14(15)19)20-8-25-13/h2-3,6-8,21,23H,4-5H2,1H3,(H,22,24). The van der Waals surface area contributed by atoms with Crippen LogP contribution in [0.5, 0.6) is 0 Å². The van der Waals surface area contributed by atoms with Crippen molar-refractivity contribution in [2.45, 2.75) is 4.90 Å². The number of halogens is 2. The van der Waals surface area contributed by atoms with Gasteiger partial charge in [0.2, 0.25) is 0 Å². The fourth-order valence-corrected chi connectivity index (χ4v) is 2.77. The highest BCUT2D eigenvalue weighted by molar-refractivity contribution is 7.98. The zero-order valence-electron chi connectivity index (χ0n) is 14.1. The quantitative estimate of drug-likeness (QED) is 0.321. The normalized spacial score (nSPS) is 11.0. The summed E-state index contributed by atoms with van der Waals surface area (Å²) in [6.07, 6.45) is 2.84. The summed E-state index contributed by atoms with van der Waals surface area (Å²) in [6, 6.07) is 5.66. The van der Waals surface area contributed by atoms with Crippen LogP contribution >= 0.6 is 11.8 Å². The molecule has 3 aromatic rings. The molecule has 0 bridgehead atoms. The topological polar surface area (TPSA) is 96.6 Å². The minimum absolute atomic E-state index is 0.0140. The number of nitrogens with zero attached hydrogens (tertiary/aromatic N) is 1. The summed E-state index contributed by atoms with van der Waals surface area (Å²) in [4.78, 5) is 21.6. The molecule has 0 aliphatic carbocycles. The highest BCUT2D eigenvalue weighted by Crippen LogP contribution is 2.32. The first-order valence-corrected chi connectivity index (χ1v) is 8.97. The molecule has 0 fully saturated rings. The maximum absolute atomic E-state index is 14.9. The predicted octanol–water partition coefficient (Wildman–Crippen LogP) is 3.23. The fraction of sp³-hybridized carbons (Fsp3) is 0.176. The highest BCUT2D eigenvalue weighted by atomic mass is 32.2. The lowest BCUT2D eigenvalue weighted by Gasteiger charge is -2.14. The number of amides is 1. The number of fused-ring (bicyclic) bond motifs is 1. The Kier molecular flexibility index (Phi) is 5.89. The average Bonchev–Trinajstić information content (AvgIpc) is 3.14. The van der Waals surface area contributed by atoms with E-state index in [4.69, 9.17) is 14.4 Å². The molecule has 1 aromatic heterocycles. The number of nitrogens with one attached hydrogen (secondary N) is 2. The van der Waals surface area contributed by atoms with Gasteiger partial charge in [0.1, 0.15) is 11.3 Å². The maximum atomic E-state index is 14.9. The van der Waals surface area contributed by atoms with Crippen LogP contribution < -0.4 is 10.8 Å². The van der Waals surface area contributed by atoms with Crippen molar-refractivity contribution in [3.63, 3.8) is 0 Å². The Balaban J connectivity index is 2.02. The Bertz CT molecular complexity index is 980. The van der Waals surface area contributed by atoms with Crippen LogP contribution in [-0.4, -0.2) is 35.5 Å². The Morgan fingerprint density at radius 3 is 2.89 bits per heavy atom. The van der Waals surface area contributed by atoms with Gasteiger partial charge in [-0.05, 0) is 30.5 Å². The molecular formula is C17H15F2N3O4S. The molecule has 0 aliphatic heterocycles. The van der Waals surface area contributed by atoms with Crippen LogP contribution in [0.3, 0.4) is 0 Å². The number of oxazole rings is 1. The van der Waals surface area contributed by atoms with E-state index in [1.54, 1.807) is 12.3 Å². The zero-order chi connectivity index (χ0) is 19.4. The lowest BCUT2D eigenvalue weighted by molar-refractivity contribution is 0.0169. The van der Waals surface area contributed by atoms with Crippen molar-refractivity contribution in [1.82, 2.24) is 10.5 Å². The number of carbonyl (C=O) groups is 1. The third-order valence-electron chi connectivity index (χ3n) is 3.61. The predicted molar refractivity (Wildman–Crippen MR) is 95.9 cm³/mol. The van der Waals surface area contributed by atoms with Crippen LogP contribution in [0.2, 0.25) is 0 Å². The van der Waals surface area contributed by atoms with E-state index in [9.17, 15) is 13.6 Å². The molecule has 3 rings (SSSR count). The minimum atomic E-state index is -0.873. The summed E-state index contributed by atoms with van der Waals surface area (Å²) in [5, 5.41) is 11.3. The van der Waals surface area contributed by atoms with Crippen molar-refractivity contribution >= 4 is 40.1 Å². The number of aromatic nitrogens is 1. The van der Waals surface area contributed by atoms with E-state index in [1.165, 1.54) is 30.0 Å². The highest BCUT2D eigenvalue weighted by Gasteiger charge is 2.22. The Hall–Kier alpha value is -2.69. The smallest absolute Gasteiger partial charge is 0.277 e. The van der Waals surface area contributed by atoms with Crippen molar-refractivity contribution in [3.05, 3.63) is 47.9 Å². The Labute approximate surface area is 156 Å². The van der Waals surface area contributed by atoms with Crippen molar-refractivity contribution in [2.24, 2.45) is 0 Å². The van der Waals surface area contributed by atoms with E-state index >= 15 is 0 Å². The summed E-state index contributed by atoms with van der Waals surface area (Å²) in [5.41, 5.74) is 1.55. The Morgan fingerprint density at radius 2 is 2.19 bits per heavy atom. The van der Waals surface area contributed by atoms with Crippen LogP contribution in [0.1, 0.15) is 10.4 Å². The van der Waals surface area contributed by atoms with Crippen LogP contribution in [-0.2, 0) is 4.84 Å². The first kappa shape index (κ1) is 19.1. The fourth-order valence-electron chi connectivity index (χ4n) is 2.34. The average molecular weight is 395 g/mol. The van der Waals surface area contributed by atoms with Gasteiger partial charge in [0.15, 0.2) is 17.8 Å². The molecule has 142 valence electrons. The van der Waals surface area contributed by atoms with Crippen LogP contribution in [0, 0.1) is 11.6 Å². The molecule has 1 amide bonds. The molecule has 0 saturated heterocycles. The van der Waals surface area contributed by atoms with Gasteiger partial charge in [0, 0.05) is 4.90 Å². The van der Waals surface area contributed by atoms with Gasteiger partial charge in [-0.2, -0.15) is 0 Å². The van der Waals surface area contributed by atoms with E-state index in [1.807, 2.05) is 0 Å². The van der Waals surface area contributed by atoms with Crippen molar-refractivity contribution in [1.29, 1.82) is 0 Å². The number of carbonyl (C=O) groups excluding carboxylic acids is 1. The third-order valence-corrected chi connectivity index (χ3v) is 4.33. The molecule has 0 spiro atoms. The molecule has 0 saturated carbocycles. The lowest BCUT2D eigenvalue weighted by Crippen LogP contribution is -2.26. The van der Waals surface area contributed by atoms with Crippen LogP contribution in [0.25, 0.3) is 11.1 Å². The van der Waals surface area contributed by atoms with E-state index in [0.29, 0.717) is 4.90 Å². The summed E-state index contributed by atoms with van der Waals surface area (Å²) >= 11 is 1.36. The van der Waals surface area contributed by atoms with Gasteiger partial charge < -0.3 is 14.8 Å². The van der Waals surface area contributed by atoms with Crippen LogP contribution in [0.4, 0.5) is 20.2 Å². The van der Waals surface area contributed by atoms with Gasteiger partial charge in [-0.15, -0.1) is 11.8 Å². The molecule has 1 heterocycles. The van der Waals surface area contributed by atoms with E-state index in [2.05, 4.69) is 15.8 Å². The number of aliphatic hydroxyl groups excluding tert-OH is 1. The number of rotatable bonds is 7. The molecule has 27 heavy (non-hydrogen) atoms. The molecule has 7 nitrogen and oxygen atoms in total. The second-order valence-electron chi connectivity index (χ2n) is 5.29. The maximum Gasteiger partial charge on any atom is 0.277 e. The largest absolute Gasteiger partial charge is 0.443 e. The SMILES string of the molecule is CSc1ccc(Nc2c(C(=O)NOCCO)cc3ocnc3c2F)c(F)c1. The second kappa shape index (κ2) is 8.33. The molecule has 0 aliphatic rings. The number of aliphatic hydroxyl groups is 1. The third kappa shape index (κ3) is 4.02. The molecule has 3 N–H and O–H groups in total. The molecular weight excluding hydrogens is 380 g/mol. The van der Waals surface area contributed by atoms with Crippen LogP contribution in [0.15, 0.2) is 40.0 Å². The number of hydrogen-bond donors (Lipinski definition) is 3. The number of benzene rings is 2. The van der Waals surface area contributed by atoms with Gasteiger partial charge in [-0.25, -0.2) is 19.2 Å². The Morgan fingerprint density at radius 1 is 1.37 bits per heavy atom. The molecule has 2 aromatic carbocycles. The van der Waals surface area contributed by atoms with Crippen molar-refractivity contribution in [2.75, 3.05) is 24.8 Å². The van der Waals surface area contributed by atoms with E-state index in [0.717, 1.165) is 6.39 Å². The number of hydroxylamine groups is 1. The van der Waals surface area contributed by atoms with Crippen molar-refractivity contribution < 1.29 is 27.9 Å². The summed E-state index contributed by atoms with van der Waals surface area (Å²) in [7, 11) is 0. The van der Waals surface area contributed by atoms with Crippen molar-refractivity contribution in [3.8, 4) is 0 Å². The number of thioether (sulfide) groups is 1. The first-order valence-electron chi connectivity index (χ1n) is 7.74. The van der Waals surface area contributed by atoms with Gasteiger partial charge in [0.25, 0.3) is 5.91 Å². The summed E-state index contributed by atoms with van der Waals surface area (Å²) in [6.45, 7) is -0.458. The first-order chi connectivity index (χ1) is 13.0. The van der Waals surface area contributed by atoms with Gasteiger partial charge in [-0.1, -0.05) is 0 Å². The van der Waals surface area contributed by atoms with E-state index in [-0.39, 0.29) is 41.3 Å². The lowest BCUT2D eigenvalue weighted by atomic mass is 10.1. The monoisotopic (exact) mass is 395 g/mol. The minimum Gasteiger partial charge on any atom is -0.443 e.